The molecule has 0 spiro atoms. The molecule has 3 fully saturated rings. The van der Waals surface area contributed by atoms with Gasteiger partial charge in [0.2, 0.25) is 0 Å². The van der Waals surface area contributed by atoms with Crippen LogP contribution in [0.15, 0.2) is 18.2 Å². The van der Waals surface area contributed by atoms with Crippen molar-refractivity contribution >= 4 is 0 Å². The van der Waals surface area contributed by atoms with Gasteiger partial charge < -0.3 is 0 Å². The molecule has 0 aliphatic heterocycles. The lowest BCUT2D eigenvalue weighted by molar-refractivity contribution is 0.186. The third-order valence-electron chi connectivity index (χ3n) is 7.90. The molecule has 4 rings (SSSR count). The highest BCUT2D eigenvalue weighted by molar-refractivity contribution is 5.35. The van der Waals surface area contributed by atoms with Gasteiger partial charge in [0.1, 0.15) is 0 Å². The molecule has 0 aromatic heterocycles. The van der Waals surface area contributed by atoms with Crippen molar-refractivity contribution in [2.75, 3.05) is 0 Å². The molecule has 3 aliphatic carbocycles. The van der Waals surface area contributed by atoms with Crippen LogP contribution >= 0.6 is 0 Å². The Morgan fingerprint density at radius 2 is 1.19 bits per heavy atom. The highest BCUT2D eigenvalue weighted by atomic mass is 14.3. The molecule has 0 nitrogen and oxygen atoms in total. The van der Waals surface area contributed by atoms with Crippen molar-refractivity contribution in [1.29, 1.82) is 0 Å². The van der Waals surface area contributed by atoms with E-state index in [9.17, 15) is 0 Å². The summed E-state index contributed by atoms with van der Waals surface area (Å²) in [4.78, 5) is 0. The van der Waals surface area contributed by atoms with E-state index >= 15 is 0 Å². The lowest BCUT2D eigenvalue weighted by Gasteiger charge is -2.36. The Morgan fingerprint density at radius 3 is 1.81 bits per heavy atom. The van der Waals surface area contributed by atoms with E-state index in [0.29, 0.717) is 0 Å². The first kappa shape index (κ1) is 20.0. The SMILES string of the molecule is C.Cc1cc(C2CCCCC2)ccc1C1CCC(C2CCCCC2)CC1. The van der Waals surface area contributed by atoms with E-state index in [-0.39, 0.29) is 7.43 Å². The minimum Gasteiger partial charge on any atom is -0.0776 e. The van der Waals surface area contributed by atoms with Crippen LogP contribution < -0.4 is 0 Å². The average molecular weight is 355 g/mol. The van der Waals surface area contributed by atoms with Gasteiger partial charge in [-0.1, -0.05) is 77.0 Å². The summed E-state index contributed by atoms with van der Waals surface area (Å²) in [6.45, 7) is 2.38. The van der Waals surface area contributed by atoms with E-state index in [1.165, 1.54) is 89.9 Å². The first-order valence-corrected chi connectivity index (χ1v) is 11.4. The summed E-state index contributed by atoms with van der Waals surface area (Å²) in [5.74, 6) is 3.83. The molecule has 0 radical (unpaired) electrons. The maximum atomic E-state index is 2.55. The van der Waals surface area contributed by atoms with Gasteiger partial charge in [-0.3, -0.25) is 0 Å². The first-order chi connectivity index (χ1) is 12.3. The van der Waals surface area contributed by atoms with Gasteiger partial charge in [0, 0.05) is 0 Å². The molecule has 0 N–H and O–H groups in total. The highest BCUT2D eigenvalue weighted by Crippen LogP contribution is 2.44. The normalized spacial score (nSPS) is 28.5. The molecule has 0 amide bonds. The molecule has 3 saturated carbocycles. The number of rotatable bonds is 3. The standard InChI is InChI=1S/C25H38.CH4/c1-19-18-24(21-10-6-3-7-11-21)16-17-25(19)23-14-12-22(13-15-23)20-8-4-2-5-9-20;/h16-18,20-23H,2-15H2,1H3;1H4. The molecule has 0 heterocycles. The van der Waals surface area contributed by atoms with E-state index in [2.05, 4.69) is 25.1 Å². The molecule has 0 bridgehead atoms. The molecule has 0 unspecified atom stereocenters. The monoisotopic (exact) mass is 354 g/mol. The van der Waals surface area contributed by atoms with Crippen molar-refractivity contribution in [3.05, 3.63) is 34.9 Å². The zero-order chi connectivity index (χ0) is 17.1. The predicted octanol–water partition coefficient (Wildman–Crippen LogP) is 8.53. The highest BCUT2D eigenvalue weighted by Gasteiger charge is 2.29. The van der Waals surface area contributed by atoms with Gasteiger partial charge in [-0.2, -0.15) is 0 Å². The summed E-state index contributed by atoms with van der Waals surface area (Å²) in [7, 11) is 0. The Morgan fingerprint density at radius 1 is 0.615 bits per heavy atom. The van der Waals surface area contributed by atoms with Gasteiger partial charge in [-0.15, -0.1) is 0 Å². The van der Waals surface area contributed by atoms with Crippen LogP contribution in [0.3, 0.4) is 0 Å². The molecule has 26 heavy (non-hydrogen) atoms. The summed E-state index contributed by atoms with van der Waals surface area (Å²) < 4.78 is 0. The minimum absolute atomic E-state index is 0. The third kappa shape index (κ3) is 4.55. The zero-order valence-corrected chi connectivity index (χ0v) is 16.4. The van der Waals surface area contributed by atoms with Crippen molar-refractivity contribution in [1.82, 2.24) is 0 Å². The van der Waals surface area contributed by atoms with Crippen LogP contribution in [-0.4, -0.2) is 0 Å². The molecule has 0 heteroatoms. The quantitative estimate of drug-likeness (QED) is 0.510. The Bertz CT molecular complexity index is 537. The second-order valence-electron chi connectivity index (χ2n) is 9.46. The third-order valence-corrected chi connectivity index (χ3v) is 7.90. The topological polar surface area (TPSA) is 0 Å². The summed E-state index contributed by atoms with van der Waals surface area (Å²) in [5.41, 5.74) is 4.91. The second kappa shape index (κ2) is 9.43. The predicted molar refractivity (Wildman–Crippen MR) is 115 cm³/mol. The van der Waals surface area contributed by atoms with Crippen molar-refractivity contribution < 1.29 is 0 Å². The Balaban J connectivity index is 0.00000196. The Kier molecular flexibility index (Phi) is 7.24. The van der Waals surface area contributed by atoms with Crippen molar-refractivity contribution in [3.8, 4) is 0 Å². The van der Waals surface area contributed by atoms with Crippen LogP contribution in [0, 0.1) is 18.8 Å². The molecular weight excluding hydrogens is 312 g/mol. The van der Waals surface area contributed by atoms with Crippen molar-refractivity contribution in [2.45, 2.75) is 116 Å². The van der Waals surface area contributed by atoms with Gasteiger partial charge in [0.25, 0.3) is 0 Å². The van der Waals surface area contributed by atoms with Gasteiger partial charge >= 0.3 is 0 Å². The fourth-order valence-electron chi connectivity index (χ4n) is 6.35. The van der Waals surface area contributed by atoms with Crippen molar-refractivity contribution in [2.24, 2.45) is 11.8 Å². The largest absolute Gasteiger partial charge is 0.0776 e. The van der Waals surface area contributed by atoms with Crippen LogP contribution in [0.4, 0.5) is 0 Å². The van der Waals surface area contributed by atoms with Crippen LogP contribution in [0.5, 0.6) is 0 Å². The number of aryl methyl sites for hydroxylation is 1. The minimum atomic E-state index is 0. The fraction of sp³-hybridized carbons (Fsp3) is 0.769. The summed E-state index contributed by atoms with van der Waals surface area (Å²) in [6, 6.07) is 7.56. The summed E-state index contributed by atoms with van der Waals surface area (Å²) in [6.07, 6.45) is 20.7. The lowest BCUT2D eigenvalue weighted by atomic mass is 9.69. The summed E-state index contributed by atoms with van der Waals surface area (Å²) >= 11 is 0. The maximum absolute atomic E-state index is 2.55. The average Bonchev–Trinajstić information content (AvgIpc) is 2.69. The van der Waals surface area contributed by atoms with Crippen LogP contribution in [0.1, 0.15) is 126 Å². The van der Waals surface area contributed by atoms with Gasteiger partial charge in [0.15, 0.2) is 0 Å². The van der Waals surface area contributed by atoms with Gasteiger partial charge in [0.05, 0.1) is 0 Å². The van der Waals surface area contributed by atoms with E-state index in [1.54, 1.807) is 16.7 Å². The molecular formula is C26H42. The van der Waals surface area contributed by atoms with Crippen molar-refractivity contribution in [3.63, 3.8) is 0 Å². The molecule has 3 aliphatic rings. The second-order valence-corrected chi connectivity index (χ2v) is 9.46. The Hall–Kier alpha value is -0.780. The van der Waals surface area contributed by atoms with E-state index in [1.807, 2.05) is 0 Å². The molecule has 1 aromatic rings. The van der Waals surface area contributed by atoms with Crippen LogP contribution in [0.25, 0.3) is 0 Å². The van der Waals surface area contributed by atoms with Crippen LogP contribution in [-0.2, 0) is 0 Å². The number of hydrogen-bond donors (Lipinski definition) is 0. The molecule has 0 saturated heterocycles. The first-order valence-electron chi connectivity index (χ1n) is 11.4. The molecule has 0 atom stereocenters. The molecule has 146 valence electrons. The van der Waals surface area contributed by atoms with E-state index in [0.717, 1.165) is 23.7 Å². The van der Waals surface area contributed by atoms with Crippen LogP contribution in [0.2, 0.25) is 0 Å². The number of hydrogen-bond acceptors (Lipinski definition) is 0. The van der Waals surface area contributed by atoms with E-state index < -0.39 is 0 Å². The number of benzene rings is 1. The maximum Gasteiger partial charge on any atom is -0.0159 e. The van der Waals surface area contributed by atoms with Gasteiger partial charge in [-0.05, 0) is 85.8 Å². The lowest BCUT2D eigenvalue weighted by Crippen LogP contribution is -2.23. The van der Waals surface area contributed by atoms with Gasteiger partial charge in [-0.25, -0.2) is 0 Å². The summed E-state index contributed by atoms with van der Waals surface area (Å²) in [5, 5.41) is 0. The fourth-order valence-corrected chi connectivity index (χ4v) is 6.35. The zero-order valence-electron chi connectivity index (χ0n) is 16.4. The Labute approximate surface area is 163 Å². The molecule has 1 aromatic carbocycles. The van der Waals surface area contributed by atoms with E-state index in [4.69, 9.17) is 0 Å². The smallest absolute Gasteiger partial charge is 0.0159 e.